The van der Waals surface area contributed by atoms with Crippen molar-refractivity contribution >= 4 is 23.4 Å². The van der Waals surface area contributed by atoms with Crippen LogP contribution < -0.4 is 11.1 Å². The molecule has 3 nitrogen and oxygen atoms in total. The average molecular weight is 304 g/mol. The van der Waals surface area contributed by atoms with Crippen molar-refractivity contribution in [3.63, 3.8) is 0 Å². The normalized spacial score (nSPS) is 12.0. The summed E-state index contributed by atoms with van der Waals surface area (Å²) in [5.41, 5.74) is 7.23. The predicted molar refractivity (Wildman–Crippen MR) is 83.9 cm³/mol. The van der Waals surface area contributed by atoms with Crippen LogP contribution in [0.5, 0.6) is 0 Å². The summed E-state index contributed by atoms with van der Waals surface area (Å²) < 4.78 is 14.0. The van der Waals surface area contributed by atoms with Crippen LogP contribution in [0.15, 0.2) is 52.3 Å². The summed E-state index contributed by atoms with van der Waals surface area (Å²) in [6.45, 7) is 3.28. The van der Waals surface area contributed by atoms with E-state index in [0.29, 0.717) is 4.90 Å². The van der Waals surface area contributed by atoms with Crippen LogP contribution in [-0.2, 0) is 4.79 Å². The van der Waals surface area contributed by atoms with E-state index in [1.54, 1.807) is 18.2 Å². The summed E-state index contributed by atoms with van der Waals surface area (Å²) >= 11 is 1.33. The van der Waals surface area contributed by atoms with E-state index >= 15 is 0 Å². The number of hydrogen-bond acceptors (Lipinski definition) is 3. The van der Waals surface area contributed by atoms with Crippen LogP contribution in [0, 0.1) is 5.82 Å². The third kappa shape index (κ3) is 4.31. The molecule has 0 aliphatic heterocycles. The van der Waals surface area contributed by atoms with Gasteiger partial charge in [0, 0.05) is 28.4 Å². The van der Waals surface area contributed by atoms with Crippen LogP contribution in [0.25, 0.3) is 0 Å². The monoisotopic (exact) mass is 304 g/mol. The van der Waals surface area contributed by atoms with Gasteiger partial charge in [-0.05, 0) is 48.9 Å². The van der Waals surface area contributed by atoms with E-state index in [-0.39, 0.29) is 17.8 Å². The van der Waals surface area contributed by atoms with Crippen molar-refractivity contribution in [1.29, 1.82) is 0 Å². The highest BCUT2D eigenvalue weighted by atomic mass is 32.2. The Balaban J connectivity index is 2.13. The number of benzene rings is 2. The molecular formula is C16H17FN2OS. The quantitative estimate of drug-likeness (QED) is 0.899. The van der Waals surface area contributed by atoms with Gasteiger partial charge in [0.1, 0.15) is 5.82 Å². The molecule has 1 amide bonds. The van der Waals surface area contributed by atoms with Gasteiger partial charge in [0.15, 0.2) is 0 Å². The van der Waals surface area contributed by atoms with Gasteiger partial charge < -0.3 is 11.1 Å². The summed E-state index contributed by atoms with van der Waals surface area (Å²) in [4.78, 5) is 12.4. The van der Waals surface area contributed by atoms with E-state index in [2.05, 4.69) is 5.32 Å². The Bertz CT molecular complexity index is 641. The summed E-state index contributed by atoms with van der Waals surface area (Å²) in [6.07, 6.45) is 0. The zero-order valence-electron chi connectivity index (χ0n) is 11.9. The molecular weight excluding hydrogens is 287 g/mol. The topological polar surface area (TPSA) is 55.1 Å². The van der Waals surface area contributed by atoms with Crippen LogP contribution in [-0.4, -0.2) is 5.91 Å². The smallest absolute Gasteiger partial charge is 0.221 e. The van der Waals surface area contributed by atoms with Crippen LogP contribution in [0.1, 0.15) is 25.5 Å². The van der Waals surface area contributed by atoms with Gasteiger partial charge in [0.2, 0.25) is 5.91 Å². The van der Waals surface area contributed by atoms with Crippen molar-refractivity contribution in [1.82, 2.24) is 0 Å². The van der Waals surface area contributed by atoms with Crippen LogP contribution >= 0.6 is 11.8 Å². The van der Waals surface area contributed by atoms with Crippen molar-refractivity contribution in [2.24, 2.45) is 5.73 Å². The van der Waals surface area contributed by atoms with Crippen molar-refractivity contribution in [2.45, 2.75) is 29.7 Å². The first-order chi connectivity index (χ1) is 9.95. The van der Waals surface area contributed by atoms with Crippen LogP contribution in [0.2, 0.25) is 0 Å². The highest BCUT2D eigenvalue weighted by molar-refractivity contribution is 7.99. The third-order valence-corrected chi connectivity index (χ3v) is 3.94. The maximum absolute atomic E-state index is 14.0. The molecule has 0 bridgehead atoms. The van der Waals surface area contributed by atoms with Gasteiger partial charge in [-0.1, -0.05) is 17.8 Å². The molecule has 0 saturated carbocycles. The lowest BCUT2D eigenvalue weighted by molar-refractivity contribution is -0.114. The number of hydrogen-bond donors (Lipinski definition) is 2. The van der Waals surface area contributed by atoms with Gasteiger partial charge in [0.05, 0.1) is 0 Å². The molecule has 2 aromatic rings. The van der Waals surface area contributed by atoms with Crippen molar-refractivity contribution in [2.75, 3.05) is 5.32 Å². The van der Waals surface area contributed by atoms with E-state index < -0.39 is 0 Å². The highest BCUT2D eigenvalue weighted by Gasteiger charge is 2.08. The molecule has 2 aromatic carbocycles. The molecule has 21 heavy (non-hydrogen) atoms. The maximum Gasteiger partial charge on any atom is 0.221 e. The van der Waals surface area contributed by atoms with Crippen LogP contribution in [0.4, 0.5) is 10.1 Å². The summed E-state index contributed by atoms with van der Waals surface area (Å²) in [5.74, 6) is -0.395. The standard InChI is InChI=1S/C16H17FN2OS/c1-10(18)12-3-8-16(15(17)9-12)21-14-6-4-13(5-7-14)19-11(2)20/h3-10H,18H2,1-2H3,(H,19,20)/t10-/m1/s1. The molecule has 110 valence electrons. The average Bonchev–Trinajstić information content (AvgIpc) is 2.42. The maximum atomic E-state index is 14.0. The fourth-order valence-electron chi connectivity index (χ4n) is 1.82. The molecule has 0 spiro atoms. The molecule has 0 fully saturated rings. The van der Waals surface area contributed by atoms with Gasteiger partial charge in [-0.2, -0.15) is 0 Å². The molecule has 3 N–H and O–H groups in total. The van der Waals surface area contributed by atoms with Gasteiger partial charge in [-0.3, -0.25) is 4.79 Å². The number of nitrogens with two attached hydrogens (primary N) is 1. The van der Waals surface area contributed by atoms with Crippen molar-refractivity contribution in [3.05, 3.63) is 53.8 Å². The molecule has 0 heterocycles. The Kier molecular flexibility index (Phi) is 4.98. The Labute approximate surface area is 127 Å². The zero-order chi connectivity index (χ0) is 15.4. The molecule has 2 rings (SSSR count). The number of rotatable bonds is 4. The molecule has 1 atom stereocenters. The highest BCUT2D eigenvalue weighted by Crippen LogP contribution is 2.31. The fraction of sp³-hybridized carbons (Fsp3) is 0.188. The number of carbonyl (C=O) groups excluding carboxylic acids is 1. The Morgan fingerprint density at radius 2 is 1.90 bits per heavy atom. The van der Waals surface area contributed by atoms with Gasteiger partial charge >= 0.3 is 0 Å². The summed E-state index contributed by atoms with van der Waals surface area (Å²) in [5, 5.41) is 2.69. The number of carbonyl (C=O) groups is 1. The molecule has 0 saturated heterocycles. The second-order valence-electron chi connectivity index (χ2n) is 4.79. The zero-order valence-corrected chi connectivity index (χ0v) is 12.7. The lowest BCUT2D eigenvalue weighted by Crippen LogP contribution is -2.05. The minimum atomic E-state index is -0.277. The van der Waals surface area contributed by atoms with E-state index in [0.717, 1.165) is 16.1 Å². The Morgan fingerprint density at radius 3 is 2.43 bits per heavy atom. The molecule has 0 aliphatic rings. The number of halogens is 1. The molecule has 0 unspecified atom stereocenters. The van der Waals surface area contributed by atoms with E-state index in [1.807, 2.05) is 25.1 Å². The largest absolute Gasteiger partial charge is 0.326 e. The van der Waals surface area contributed by atoms with Gasteiger partial charge in [-0.15, -0.1) is 0 Å². The first-order valence-electron chi connectivity index (χ1n) is 6.56. The first kappa shape index (κ1) is 15.5. The van der Waals surface area contributed by atoms with Gasteiger partial charge in [-0.25, -0.2) is 4.39 Å². The van der Waals surface area contributed by atoms with E-state index in [1.165, 1.54) is 24.8 Å². The summed E-state index contributed by atoms with van der Waals surface area (Å²) in [7, 11) is 0. The molecule has 0 aromatic heterocycles. The Morgan fingerprint density at radius 1 is 1.24 bits per heavy atom. The van der Waals surface area contributed by atoms with Crippen molar-refractivity contribution < 1.29 is 9.18 Å². The second-order valence-corrected chi connectivity index (χ2v) is 5.90. The first-order valence-corrected chi connectivity index (χ1v) is 7.38. The minimum absolute atomic E-state index is 0.118. The molecule has 5 heteroatoms. The van der Waals surface area contributed by atoms with E-state index in [9.17, 15) is 9.18 Å². The van der Waals surface area contributed by atoms with E-state index in [4.69, 9.17) is 5.73 Å². The number of nitrogens with one attached hydrogen (secondary N) is 1. The Hall–Kier alpha value is -1.85. The number of anilines is 1. The lowest BCUT2D eigenvalue weighted by Gasteiger charge is -2.09. The summed E-state index contributed by atoms with van der Waals surface area (Å²) in [6, 6.07) is 12.1. The third-order valence-electron chi connectivity index (χ3n) is 2.88. The fourth-order valence-corrected chi connectivity index (χ4v) is 2.64. The van der Waals surface area contributed by atoms with Crippen molar-refractivity contribution in [3.8, 4) is 0 Å². The lowest BCUT2D eigenvalue weighted by atomic mass is 10.1. The van der Waals surface area contributed by atoms with Gasteiger partial charge in [0.25, 0.3) is 0 Å². The molecule has 0 radical (unpaired) electrons. The molecule has 0 aliphatic carbocycles. The second kappa shape index (κ2) is 6.74. The predicted octanol–water partition coefficient (Wildman–Crippen LogP) is 3.96. The minimum Gasteiger partial charge on any atom is -0.326 e. The van der Waals surface area contributed by atoms with Crippen LogP contribution in [0.3, 0.4) is 0 Å². The SMILES string of the molecule is CC(=O)Nc1ccc(Sc2ccc([C@@H](C)N)cc2F)cc1. The number of amides is 1.